The minimum Gasteiger partial charge on any atom is -0.496 e. The summed E-state index contributed by atoms with van der Waals surface area (Å²) in [5.74, 6) is 0.695. The molecule has 0 saturated carbocycles. The van der Waals surface area contributed by atoms with E-state index in [1.807, 2.05) is 43.3 Å². The summed E-state index contributed by atoms with van der Waals surface area (Å²) < 4.78 is 5.97. The first-order chi connectivity index (χ1) is 9.60. The van der Waals surface area contributed by atoms with Crippen LogP contribution in [-0.4, -0.2) is 13.0 Å². The minimum atomic E-state index is -0.0466. The van der Waals surface area contributed by atoms with Gasteiger partial charge in [-0.05, 0) is 25.1 Å². The van der Waals surface area contributed by atoms with Gasteiger partial charge in [-0.1, -0.05) is 29.8 Å². The molecule has 0 spiro atoms. The second kappa shape index (κ2) is 6.77. The van der Waals surface area contributed by atoms with E-state index in [1.165, 1.54) is 11.3 Å². The Morgan fingerprint density at radius 2 is 2.10 bits per heavy atom. The number of halogens is 1. The monoisotopic (exact) mass is 309 g/mol. The first kappa shape index (κ1) is 14.9. The molecule has 0 fully saturated rings. The van der Waals surface area contributed by atoms with E-state index in [2.05, 4.69) is 5.32 Å². The molecule has 0 aliphatic heterocycles. The van der Waals surface area contributed by atoms with Crippen LogP contribution >= 0.6 is 22.9 Å². The summed E-state index contributed by atoms with van der Waals surface area (Å²) in [5, 5.41) is 2.97. The summed E-state index contributed by atoms with van der Waals surface area (Å²) in [7, 11) is 1.60. The maximum Gasteiger partial charge on any atom is 0.225 e. The molecule has 1 heterocycles. The van der Waals surface area contributed by atoms with Crippen LogP contribution < -0.4 is 10.1 Å². The van der Waals surface area contributed by atoms with E-state index in [0.717, 1.165) is 20.5 Å². The Hall–Kier alpha value is -1.52. The number of methoxy groups -OCH3 is 1. The highest BCUT2D eigenvalue weighted by molar-refractivity contribution is 7.16. The number of hydrogen-bond acceptors (Lipinski definition) is 3. The molecule has 0 aliphatic carbocycles. The van der Waals surface area contributed by atoms with Crippen molar-refractivity contribution in [3.8, 4) is 5.75 Å². The first-order valence-electron chi connectivity index (χ1n) is 6.26. The largest absolute Gasteiger partial charge is 0.496 e. The molecule has 0 aliphatic rings. The minimum absolute atomic E-state index is 0.0356. The fourth-order valence-corrected chi connectivity index (χ4v) is 3.01. The number of benzene rings is 1. The van der Waals surface area contributed by atoms with Crippen molar-refractivity contribution in [2.24, 2.45) is 0 Å². The van der Waals surface area contributed by atoms with Gasteiger partial charge in [0.15, 0.2) is 0 Å². The number of amides is 1. The number of hydrogen-bond donors (Lipinski definition) is 1. The zero-order valence-electron chi connectivity index (χ0n) is 11.4. The van der Waals surface area contributed by atoms with Gasteiger partial charge in [-0.15, -0.1) is 11.3 Å². The smallest absolute Gasteiger partial charge is 0.225 e. The molecule has 0 radical (unpaired) electrons. The molecule has 0 saturated heterocycles. The molecule has 3 nitrogen and oxygen atoms in total. The lowest BCUT2D eigenvalue weighted by molar-refractivity contribution is -0.121. The van der Waals surface area contributed by atoms with Crippen molar-refractivity contribution in [1.29, 1.82) is 0 Å². The predicted molar refractivity (Wildman–Crippen MR) is 82.6 cm³/mol. The van der Waals surface area contributed by atoms with Crippen molar-refractivity contribution >= 4 is 28.8 Å². The van der Waals surface area contributed by atoms with E-state index in [-0.39, 0.29) is 11.9 Å². The van der Waals surface area contributed by atoms with Crippen LogP contribution in [0, 0.1) is 0 Å². The second-order valence-corrected chi connectivity index (χ2v) is 6.17. The SMILES string of the molecule is COc1ccccc1CC(=O)NC(C)c1ccc(Cl)s1. The van der Waals surface area contributed by atoms with Gasteiger partial charge in [-0.3, -0.25) is 4.79 Å². The van der Waals surface area contributed by atoms with Gasteiger partial charge in [-0.2, -0.15) is 0 Å². The van der Waals surface area contributed by atoms with Gasteiger partial charge in [0.05, 0.1) is 23.9 Å². The number of ether oxygens (including phenoxy) is 1. The standard InChI is InChI=1S/C15H16ClNO2S/c1-10(13-7-8-14(16)20-13)17-15(18)9-11-5-3-4-6-12(11)19-2/h3-8,10H,9H2,1-2H3,(H,17,18). The molecule has 1 aromatic heterocycles. The highest BCUT2D eigenvalue weighted by Gasteiger charge is 2.13. The molecule has 0 bridgehead atoms. The van der Waals surface area contributed by atoms with Gasteiger partial charge in [-0.25, -0.2) is 0 Å². The highest BCUT2D eigenvalue weighted by atomic mass is 35.5. The average Bonchev–Trinajstić information content (AvgIpc) is 2.86. The molecule has 1 atom stereocenters. The van der Waals surface area contributed by atoms with Crippen molar-refractivity contribution < 1.29 is 9.53 Å². The van der Waals surface area contributed by atoms with Gasteiger partial charge >= 0.3 is 0 Å². The molecule has 1 amide bonds. The molecule has 20 heavy (non-hydrogen) atoms. The van der Waals surface area contributed by atoms with E-state index in [1.54, 1.807) is 7.11 Å². The lowest BCUT2D eigenvalue weighted by Crippen LogP contribution is -2.27. The maximum absolute atomic E-state index is 12.1. The Morgan fingerprint density at radius 1 is 1.35 bits per heavy atom. The molecule has 106 valence electrons. The Bertz CT molecular complexity index is 597. The normalized spacial score (nSPS) is 11.9. The number of carbonyl (C=O) groups is 1. The molecule has 5 heteroatoms. The lowest BCUT2D eigenvalue weighted by atomic mass is 10.1. The number of rotatable bonds is 5. The third-order valence-electron chi connectivity index (χ3n) is 2.94. The summed E-state index contributed by atoms with van der Waals surface area (Å²) in [5.41, 5.74) is 0.879. The Morgan fingerprint density at radius 3 is 2.75 bits per heavy atom. The van der Waals surface area contributed by atoms with Crippen LogP contribution in [-0.2, 0) is 11.2 Å². The van der Waals surface area contributed by atoms with Crippen molar-refractivity contribution in [3.05, 3.63) is 51.2 Å². The number of carbonyl (C=O) groups excluding carboxylic acids is 1. The van der Waals surface area contributed by atoms with Crippen LogP contribution in [0.3, 0.4) is 0 Å². The van der Waals surface area contributed by atoms with Crippen LogP contribution in [0.15, 0.2) is 36.4 Å². The van der Waals surface area contributed by atoms with Crippen molar-refractivity contribution in [2.75, 3.05) is 7.11 Å². The second-order valence-electron chi connectivity index (χ2n) is 4.42. The Labute approximate surface area is 127 Å². The van der Waals surface area contributed by atoms with Gasteiger partial charge in [0, 0.05) is 10.4 Å². The van der Waals surface area contributed by atoms with Crippen LogP contribution in [0.1, 0.15) is 23.4 Å². The zero-order chi connectivity index (χ0) is 14.5. The zero-order valence-corrected chi connectivity index (χ0v) is 12.9. The molecular weight excluding hydrogens is 294 g/mol. The average molecular weight is 310 g/mol. The van der Waals surface area contributed by atoms with Crippen LogP contribution in [0.25, 0.3) is 0 Å². The fourth-order valence-electron chi connectivity index (χ4n) is 1.95. The Kier molecular flexibility index (Phi) is 5.04. The molecular formula is C15H16ClNO2S. The van der Waals surface area contributed by atoms with Crippen molar-refractivity contribution in [2.45, 2.75) is 19.4 Å². The first-order valence-corrected chi connectivity index (χ1v) is 7.46. The number of thiophene rings is 1. The van der Waals surface area contributed by atoms with E-state index in [9.17, 15) is 4.79 Å². The van der Waals surface area contributed by atoms with Gasteiger partial charge in [0.1, 0.15) is 5.75 Å². The third-order valence-corrected chi connectivity index (χ3v) is 4.36. The summed E-state index contributed by atoms with van der Waals surface area (Å²) in [4.78, 5) is 13.1. The summed E-state index contributed by atoms with van der Waals surface area (Å²) in [6.45, 7) is 1.95. The van der Waals surface area contributed by atoms with E-state index in [0.29, 0.717) is 6.42 Å². The van der Waals surface area contributed by atoms with E-state index in [4.69, 9.17) is 16.3 Å². The van der Waals surface area contributed by atoms with Crippen LogP contribution in [0.5, 0.6) is 5.75 Å². The van der Waals surface area contributed by atoms with Gasteiger partial charge in [0.2, 0.25) is 5.91 Å². The quantitative estimate of drug-likeness (QED) is 0.911. The topological polar surface area (TPSA) is 38.3 Å². The van der Waals surface area contributed by atoms with Crippen LogP contribution in [0.2, 0.25) is 4.34 Å². The molecule has 2 rings (SSSR count). The van der Waals surface area contributed by atoms with Crippen LogP contribution in [0.4, 0.5) is 0 Å². The summed E-state index contributed by atoms with van der Waals surface area (Å²) >= 11 is 7.38. The highest BCUT2D eigenvalue weighted by Crippen LogP contribution is 2.26. The third kappa shape index (κ3) is 3.74. The van der Waals surface area contributed by atoms with Crippen molar-refractivity contribution in [1.82, 2.24) is 5.32 Å². The fraction of sp³-hybridized carbons (Fsp3) is 0.267. The van der Waals surface area contributed by atoms with Gasteiger partial charge in [0.25, 0.3) is 0 Å². The van der Waals surface area contributed by atoms with Crippen molar-refractivity contribution in [3.63, 3.8) is 0 Å². The summed E-state index contributed by atoms with van der Waals surface area (Å²) in [6, 6.07) is 11.3. The molecule has 2 aromatic rings. The van der Waals surface area contributed by atoms with E-state index >= 15 is 0 Å². The predicted octanol–water partition coefficient (Wildman–Crippen LogP) is 3.83. The summed E-state index contributed by atoms with van der Waals surface area (Å²) in [6.07, 6.45) is 0.299. The Balaban J connectivity index is 1.98. The molecule has 1 N–H and O–H groups in total. The number of para-hydroxylation sites is 1. The molecule has 1 unspecified atom stereocenters. The molecule has 1 aromatic carbocycles. The van der Waals surface area contributed by atoms with E-state index < -0.39 is 0 Å². The maximum atomic E-state index is 12.1. The number of nitrogens with one attached hydrogen (secondary N) is 1. The lowest BCUT2D eigenvalue weighted by Gasteiger charge is -2.13. The van der Waals surface area contributed by atoms with Gasteiger partial charge < -0.3 is 10.1 Å².